The van der Waals surface area contributed by atoms with Crippen molar-refractivity contribution in [3.05, 3.63) is 53.1 Å². The maximum absolute atomic E-state index is 6.58. The Morgan fingerprint density at radius 2 is 2.00 bits per heavy atom. The van der Waals surface area contributed by atoms with Crippen LogP contribution in [-0.2, 0) is 0 Å². The van der Waals surface area contributed by atoms with Gasteiger partial charge in [-0.1, -0.05) is 36.7 Å². The average Bonchev–Trinajstić information content (AvgIpc) is 2.65. The van der Waals surface area contributed by atoms with Crippen LogP contribution >= 0.6 is 11.6 Å². The lowest BCUT2D eigenvalue weighted by atomic mass is 9.83. The topological polar surface area (TPSA) is 38.5 Å². The lowest BCUT2D eigenvalue weighted by molar-refractivity contribution is 0.312. The zero-order chi connectivity index (χ0) is 15.3. The van der Waals surface area contributed by atoms with Gasteiger partial charge in [0.1, 0.15) is 5.75 Å². The first kappa shape index (κ1) is 13.9. The zero-order valence-electron chi connectivity index (χ0n) is 12.5. The molecule has 1 saturated heterocycles. The maximum Gasteiger partial charge on any atom is 0.150 e. The van der Waals surface area contributed by atoms with Gasteiger partial charge in [0, 0.05) is 23.2 Å². The molecular formula is C18H19ClN2O. The number of halogens is 1. The zero-order valence-corrected chi connectivity index (χ0v) is 13.3. The third-order valence-electron chi connectivity index (χ3n) is 4.87. The van der Waals surface area contributed by atoms with Gasteiger partial charge < -0.3 is 15.4 Å². The van der Waals surface area contributed by atoms with Gasteiger partial charge in [-0.3, -0.25) is 0 Å². The summed E-state index contributed by atoms with van der Waals surface area (Å²) in [6.07, 6.45) is 1.08. The van der Waals surface area contributed by atoms with Gasteiger partial charge in [0.05, 0.1) is 11.7 Å². The minimum absolute atomic E-state index is 0.0726. The fraction of sp³-hybridized carbons (Fsp3) is 0.333. The van der Waals surface area contributed by atoms with Crippen molar-refractivity contribution in [3.63, 3.8) is 0 Å². The van der Waals surface area contributed by atoms with E-state index >= 15 is 0 Å². The first-order valence-corrected chi connectivity index (χ1v) is 8.11. The van der Waals surface area contributed by atoms with Gasteiger partial charge in [-0.25, -0.2) is 0 Å². The first-order chi connectivity index (χ1) is 10.6. The van der Waals surface area contributed by atoms with Crippen molar-refractivity contribution in [3.8, 4) is 11.5 Å². The summed E-state index contributed by atoms with van der Waals surface area (Å²) in [5, 5.41) is 0.722. The molecule has 2 heterocycles. The van der Waals surface area contributed by atoms with E-state index in [0.717, 1.165) is 40.7 Å². The number of nitrogens with zero attached hydrogens (tertiary/aromatic N) is 1. The smallest absolute Gasteiger partial charge is 0.150 e. The van der Waals surface area contributed by atoms with E-state index in [9.17, 15) is 0 Å². The summed E-state index contributed by atoms with van der Waals surface area (Å²) in [6.45, 7) is 3.19. The summed E-state index contributed by atoms with van der Waals surface area (Å²) in [5.41, 5.74) is 8.78. The van der Waals surface area contributed by atoms with E-state index in [1.807, 2.05) is 30.3 Å². The molecule has 0 saturated carbocycles. The van der Waals surface area contributed by atoms with Crippen molar-refractivity contribution in [2.75, 3.05) is 11.4 Å². The van der Waals surface area contributed by atoms with E-state index in [4.69, 9.17) is 22.1 Å². The van der Waals surface area contributed by atoms with Crippen LogP contribution in [0.2, 0.25) is 5.02 Å². The Hall–Kier alpha value is -1.71. The van der Waals surface area contributed by atoms with Crippen LogP contribution in [0, 0.1) is 5.92 Å². The van der Waals surface area contributed by atoms with Gasteiger partial charge in [0.15, 0.2) is 5.75 Å². The van der Waals surface area contributed by atoms with Gasteiger partial charge in [0.2, 0.25) is 0 Å². The van der Waals surface area contributed by atoms with Crippen molar-refractivity contribution in [2.24, 2.45) is 11.7 Å². The quantitative estimate of drug-likeness (QED) is 0.785. The average molecular weight is 315 g/mol. The highest BCUT2D eigenvalue weighted by molar-refractivity contribution is 6.31. The highest BCUT2D eigenvalue weighted by Crippen LogP contribution is 2.48. The molecule has 0 spiro atoms. The minimum Gasteiger partial charge on any atom is -0.455 e. The number of rotatable bonds is 0. The number of hydrogen-bond acceptors (Lipinski definition) is 3. The number of hydrogen-bond donors (Lipinski definition) is 1. The largest absolute Gasteiger partial charge is 0.455 e. The second kappa shape index (κ2) is 5.18. The summed E-state index contributed by atoms with van der Waals surface area (Å²) in [5.74, 6) is 2.22. The SMILES string of the molecule is C[C@@H]1CCN2c3cc(Cl)ccc3Oc3ccccc3[C@@H]2[C@H]1N. The Balaban J connectivity index is 1.94. The second-order valence-electron chi connectivity index (χ2n) is 6.23. The molecule has 2 aromatic carbocycles. The normalized spacial score (nSPS) is 26.3. The molecule has 22 heavy (non-hydrogen) atoms. The van der Waals surface area contributed by atoms with Crippen molar-refractivity contribution >= 4 is 17.3 Å². The highest BCUT2D eigenvalue weighted by atomic mass is 35.5. The number of fused-ring (bicyclic) bond motifs is 5. The molecule has 1 fully saturated rings. The van der Waals surface area contributed by atoms with Crippen molar-refractivity contribution in [1.82, 2.24) is 0 Å². The van der Waals surface area contributed by atoms with E-state index in [0.29, 0.717) is 5.92 Å². The van der Waals surface area contributed by atoms with Gasteiger partial charge >= 0.3 is 0 Å². The fourth-order valence-electron chi connectivity index (χ4n) is 3.58. The van der Waals surface area contributed by atoms with Gasteiger partial charge in [-0.15, -0.1) is 0 Å². The molecule has 0 bridgehead atoms. The van der Waals surface area contributed by atoms with E-state index in [1.54, 1.807) is 0 Å². The van der Waals surface area contributed by atoms with Crippen LogP contribution < -0.4 is 15.4 Å². The molecule has 2 aliphatic heterocycles. The van der Waals surface area contributed by atoms with Crippen LogP contribution in [0.5, 0.6) is 11.5 Å². The Kier molecular flexibility index (Phi) is 3.28. The molecule has 0 unspecified atom stereocenters. The van der Waals surface area contributed by atoms with Gasteiger partial charge in [-0.05, 0) is 36.6 Å². The molecular weight excluding hydrogens is 296 g/mol. The maximum atomic E-state index is 6.58. The van der Waals surface area contributed by atoms with Crippen LogP contribution in [0.3, 0.4) is 0 Å². The number of anilines is 1. The Labute approximate surface area is 135 Å². The van der Waals surface area contributed by atoms with Crippen LogP contribution in [-0.4, -0.2) is 12.6 Å². The number of ether oxygens (including phenoxy) is 1. The van der Waals surface area contributed by atoms with Crippen LogP contribution in [0.25, 0.3) is 0 Å². The molecule has 2 aromatic rings. The molecule has 0 radical (unpaired) electrons. The van der Waals surface area contributed by atoms with Crippen LogP contribution in [0.4, 0.5) is 5.69 Å². The number of benzene rings is 2. The minimum atomic E-state index is 0.0726. The van der Waals surface area contributed by atoms with Crippen molar-refractivity contribution in [1.29, 1.82) is 0 Å². The van der Waals surface area contributed by atoms with Crippen molar-refractivity contribution in [2.45, 2.75) is 25.4 Å². The third kappa shape index (κ3) is 2.08. The van der Waals surface area contributed by atoms with E-state index in [1.165, 1.54) is 0 Å². The number of nitrogens with two attached hydrogens (primary N) is 1. The molecule has 4 rings (SSSR count). The predicted molar refractivity (Wildman–Crippen MR) is 89.8 cm³/mol. The lowest BCUT2D eigenvalue weighted by Gasteiger charge is -2.43. The third-order valence-corrected chi connectivity index (χ3v) is 5.11. The molecule has 2 N–H and O–H groups in total. The summed E-state index contributed by atoms with van der Waals surface area (Å²) < 4.78 is 6.18. The monoisotopic (exact) mass is 314 g/mol. The predicted octanol–water partition coefficient (Wildman–Crippen LogP) is 4.36. The highest BCUT2D eigenvalue weighted by Gasteiger charge is 2.39. The summed E-state index contributed by atoms with van der Waals surface area (Å²) in [7, 11) is 0. The van der Waals surface area contributed by atoms with Gasteiger partial charge in [0.25, 0.3) is 0 Å². The molecule has 0 amide bonds. The summed E-state index contributed by atoms with van der Waals surface area (Å²) in [4.78, 5) is 2.36. The molecule has 3 nitrogen and oxygen atoms in total. The van der Waals surface area contributed by atoms with Crippen LogP contribution in [0.15, 0.2) is 42.5 Å². The molecule has 2 aliphatic rings. The van der Waals surface area contributed by atoms with Crippen LogP contribution in [0.1, 0.15) is 24.9 Å². The summed E-state index contributed by atoms with van der Waals surface area (Å²) >= 11 is 6.22. The molecule has 4 heteroatoms. The Morgan fingerprint density at radius 1 is 1.18 bits per heavy atom. The molecule has 0 aromatic heterocycles. The Bertz CT molecular complexity index is 718. The standard InChI is InChI=1S/C18H19ClN2O/c1-11-8-9-21-14-10-12(19)6-7-16(14)22-15-5-3-2-4-13(15)18(21)17(11)20/h2-7,10-11,17-18H,8-9,20H2,1H3/t11-,17+,18-/m1/s1. The van der Waals surface area contributed by atoms with E-state index < -0.39 is 0 Å². The second-order valence-corrected chi connectivity index (χ2v) is 6.67. The van der Waals surface area contributed by atoms with Crippen molar-refractivity contribution < 1.29 is 4.74 Å². The first-order valence-electron chi connectivity index (χ1n) is 7.73. The lowest BCUT2D eigenvalue weighted by Crippen LogP contribution is -2.50. The molecule has 0 aliphatic carbocycles. The van der Waals surface area contributed by atoms with Gasteiger partial charge in [-0.2, -0.15) is 0 Å². The molecule has 114 valence electrons. The fourth-order valence-corrected chi connectivity index (χ4v) is 3.74. The Morgan fingerprint density at radius 3 is 2.86 bits per heavy atom. The van der Waals surface area contributed by atoms with E-state index in [-0.39, 0.29) is 12.1 Å². The molecule has 3 atom stereocenters. The summed E-state index contributed by atoms with van der Waals surface area (Å²) in [6, 6.07) is 14.2. The van der Waals surface area contributed by atoms with E-state index in [2.05, 4.69) is 24.0 Å². The number of piperidine rings is 1. The number of para-hydroxylation sites is 1.